The van der Waals surface area contributed by atoms with Crippen molar-refractivity contribution in [2.45, 2.75) is 44.3 Å². The number of hydrogen-bond donors (Lipinski definition) is 3. The molecule has 12 heteroatoms. The van der Waals surface area contributed by atoms with Gasteiger partial charge in [-0.05, 0) is 50.6 Å². The zero-order valence-electron chi connectivity index (χ0n) is 20.5. The van der Waals surface area contributed by atoms with Crippen molar-refractivity contribution >= 4 is 64.0 Å². The largest absolute Gasteiger partial charge is 0.469 e. The van der Waals surface area contributed by atoms with Crippen molar-refractivity contribution < 1.29 is 19.1 Å². The molecule has 1 fully saturated rings. The second kappa shape index (κ2) is 11.4. The number of carbonyl (C=O) groups is 3. The van der Waals surface area contributed by atoms with Crippen molar-refractivity contribution in [1.29, 1.82) is 0 Å². The third kappa shape index (κ3) is 5.93. The Labute approximate surface area is 229 Å². The highest BCUT2D eigenvalue weighted by molar-refractivity contribution is 7.13. The van der Waals surface area contributed by atoms with Gasteiger partial charge in [0.05, 0.1) is 24.8 Å². The average molecular weight is 567 g/mol. The van der Waals surface area contributed by atoms with E-state index in [1.54, 1.807) is 18.2 Å². The molecule has 1 aliphatic carbocycles. The molecule has 3 atom stereocenters. The number of H-pyrrole nitrogens is 1. The highest BCUT2D eigenvalue weighted by atomic mass is 35.5. The zero-order valence-corrected chi connectivity index (χ0v) is 22.9. The Morgan fingerprint density at radius 2 is 1.95 bits per heavy atom. The van der Waals surface area contributed by atoms with Crippen molar-refractivity contribution in [2.24, 2.45) is 5.92 Å². The number of thiazole rings is 1. The van der Waals surface area contributed by atoms with Crippen LogP contribution in [0.5, 0.6) is 0 Å². The number of rotatable bonds is 5. The molecule has 0 saturated heterocycles. The van der Waals surface area contributed by atoms with E-state index in [2.05, 4.69) is 25.5 Å². The van der Waals surface area contributed by atoms with E-state index in [0.717, 1.165) is 41.0 Å². The van der Waals surface area contributed by atoms with Gasteiger partial charge in [0.15, 0.2) is 5.01 Å². The number of carbonyl (C=O) groups excluding carboxylic acids is 3. The van der Waals surface area contributed by atoms with Crippen LogP contribution in [0, 0.1) is 5.92 Å². The number of aromatic nitrogens is 2. The Hall–Kier alpha value is -2.66. The number of nitrogens with zero attached hydrogens (tertiary/aromatic N) is 2. The number of halogens is 2. The van der Waals surface area contributed by atoms with Crippen molar-refractivity contribution in [3.05, 3.63) is 50.6 Å². The number of esters is 1. The highest BCUT2D eigenvalue weighted by Crippen LogP contribution is 2.29. The first-order valence-corrected chi connectivity index (χ1v) is 13.1. The fraction of sp³-hybridized carbons (Fsp3) is 0.440. The molecule has 2 aliphatic rings. The normalized spacial score (nSPS) is 21.5. The highest BCUT2D eigenvalue weighted by Gasteiger charge is 2.37. The first-order valence-electron chi connectivity index (χ1n) is 12.0. The molecule has 0 bridgehead atoms. The lowest BCUT2D eigenvalue weighted by Crippen LogP contribution is -2.55. The first kappa shape index (κ1) is 27.4. The maximum absolute atomic E-state index is 13.2. The summed E-state index contributed by atoms with van der Waals surface area (Å²) in [6.07, 6.45) is 2.28. The Morgan fingerprint density at radius 3 is 2.73 bits per heavy atom. The van der Waals surface area contributed by atoms with Gasteiger partial charge >= 0.3 is 5.97 Å². The molecule has 1 aliphatic heterocycles. The van der Waals surface area contributed by atoms with Gasteiger partial charge in [0.25, 0.3) is 11.8 Å². The maximum atomic E-state index is 13.2. The van der Waals surface area contributed by atoms with Crippen LogP contribution in [0.4, 0.5) is 0 Å². The third-order valence-corrected chi connectivity index (χ3v) is 8.28. The Morgan fingerprint density at radius 1 is 1.16 bits per heavy atom. The van der Waals surface area contributed by atoms with Gasteiger partial charge in [0.1, 0.15) is 5.69 Å². The molecule has 37 heavy (non-hydrogen) atoms. The van der Waals surface area contributed by atoms with Crippen molar-refractivity contribution in [2.75, 3.05) is 20.7 Å². The predicted octanol–water partition coefficient (Wildman–Crippen LogP) is 3.56. The average Bonchev–Trinajstić information content (AvgIpc) is 3.48. The number of amides is 2. The number of methoxy groups -OCH3 is 1. The van der Waals surface area contributed by atoms with Gasteiger partial charge < -0.3 is 25.3 Å². The standard InChI is InChI=1S/C25H28ClN5O4S.ClH/c1-31-8-7-18-21(12-31)36-24(30-18)23(33)29-19-10-13(25(34)35-2)3-5-17(19)28-22(32)20-11-14-9-15(26)4-6-16(14)27-20;/h4,6,9,11,13,17,19,27H,3,5,7-8,10,12H2,1-2H3,(H,28,32)(H,29,33);1H/t13-,17?,19?;/m0./s1. The van der Waals surface area contributed by atoms with E-state index in [1.807, 2.05) is 13.1 Å². The minimum atomic E-state index is -0.443. The molecule has 2 amide bonds. The SMILES string of the molecule is COC(=O)[C@H]1CCC(NC(=O)c2cc3cc(Cl)ccc3[nH]2)C(NC(=O)c2nc3c(s2)CN(C)CC3)C1.Cl. The van der Waals surface area contributed by atoms with E-state index < -0.39 is 6.04 Å². The summed E-state index contributed by atoms with van der Waals surface area (Å²) in [5, 5.41) is 7.95. The lowest BCUT2D eigenvalue weighted by Gasteiger charge is -2.35. The first-order chi connectivity index (χ1) is 17.3. The number of nitrogens with one attached hydrogen (secondary N) is 3. The van der Waals surface area contributed by atoms with Crippen LogP contribution in [0.15, 0.2) is 24.3 Å². The molecule has 0 spiro atoms. The summed E-state index contributed by atoms with van der Waals surface area (Å²) in [6, 6.07) is 6.34. The number of benzene rings is 1. The second-order valence-corrected chi connectivity index (χ2v) is 11.0. The van der Waals surface area contributed by atoms with Crippen molar-refractivity contribution in [3.8, 4) is 0 Å². The van der Waals surface area contributed by atoms with Crippen LogP contribution in [0.3, 0.4) is 0 Å². The quantitative estimate of drug-likeness (QED) is 0.407. The summed E-state index contributed by atoms with van der Waals surface area (Å²) in [4.78, 5) is 49.5. The van der Waals surface area contributed by atoms with Crippen molar-refractivity contribution in [3.63, 3.8) is 0 Å². The van der Waals surface area contributed by atoms with Gasteiger partial charge in [-0.2, -0.15) is 0 Å². The molecule has 3 heterocycles. The molecule has 9 nitrogen and oxygen atoms in total. The third-order valence-electron chi connectivity index (χ3n) is 6.96. The monoisotopic (exact) mass is 565 g/mol. The minimum absolute atomic E-state index is 0. The summed E-state index contributed by atoms with van der Waals surface area (Å²) in [6.45, 7) is 1.69. The topological polar surface area (TPSA) is 116 Å². The van der Waals surface area contributed by atoms with Crippen LogP contribution in [-0.2, 0) is 22.5 Å². The maximum Gasteiger partial charge on any atom is 0.308 e. The number of hydrogen-bond acceptors (Lipinski definition) is 7. The van der Waals surface area contributed by atoms with Gasteiger partial charge in [-0.15, -0.1) is 23.7 Å². The summed E-state index contributed by atoms with van der Waals surface area (Å²) in [5.74, 6) is -1.22. The number of aromatic amines is 1. The number of fused-ring (bicyclic) bond motifs is 2. The van der Waals surface area contributed by atoms with E-state index >= 15 is 0 Å². The van der Waals surface area contributed by atoms with E-state index in [1.165, 1.54) is 18.4 Å². The van der Waals surface area contributed by atoms with E-state index in [4.69, 9.17) is 16.3 Å². The van der Waals surface area contributed by atoms with Crippen LogP contribution >= 0.6 is 35.3 Å². The Kier molecular flexibility index (Phi) is 8.42. The molecule has 2 aromatic heterocycles. The lowest BCUT2D eigenvalue weighted by atomic mass is 9.82. The smallest absolute Gasteiger partial charge is 0.308 e. The molecular formula is C25H29Cl2N5O4S. The summed E-state index contributed by atoms with van der Waals surface area (Å²) >= 11 is 7.48. The molecule has 3 aromatic rings. The van der Waals surface area contributed by atoms with Crippen LogP contribution < -0.4 is 10.6 Å². The van der Waals surface area contributed by atoms with Crippen LogP contribution in [0.1, 0.15) is 50.1 Å². The second-order valence-electron chi connectivity index (χ2n) is 9.48. The molecule has 3 N–H and O–H groups in total. The van der Waals surface area contributed by atoms with E-state index in [9.17, 15) is 14.4 Å². The summed E-state index contributed by atoms with van der Waals surface area (Å²) in [7, 11) is 3.41. The molecule has 1 aromatic carbocycles. The van der Waals surface area contributed by atoms with Crippen LogP contribution in [0.2, 0.25) is 5.02 Å². The van der Waals surface area contributed by atoms with Gasteiger partial charge in [0, 0.05) is 46.4 Å². The Bertz CT molecular complexity index is 1330. The fourth-order valence-corrected chi connectivity index (χ4v) is 6.28. The van der Waals surface area contributed by atoms with E-state index in [0.29, 0.717) is 35.0 Å². The minimum Gasteiger partial charge on any atom is -0.469 e. The van der Waals surface area contributed by atoms with Gasteiger partial charge in [-0.25, -0.2) is 4.98 Å². The number of likely N-dealkylation sites (N-methyl/N-ethyl adjacent to an activating group) is 1. The van der Waals surface area contributed by atoms with Crippen LogP contribution in [-0.4, -0.2) is 65.4 Å². The van der Waals surface area contributed by atoms with Gasteiger partial charge in [0.2, 0.25) is 0 Å². The fourth-order valence-electron chi connectivity index (χ4n) is 5.01. The van der Waals surface area contributed by atoms with Gasteiger partial charge in [-0.3, -0.25) is 14.4 Å². The molecule has 0 radical (unpaired) electrons. The summed E-state index contributed by atoms with van der Waals surface area (Å²) < 4.78 is 4.95. The number of ether oxygens (including phenoxy) is 1. The van der Waals surface area contributed by atoms with Crippen molar-refractivity contribution in [1.82, 2.24) is 25.5 Å². The predicted molar refractivity (Wildman–Crippen MR) is 145 cm³/mol. The van der Waals surface area contributed by atoms with E-state index in [-0.39, 0.29) is 42.2 Å². The molecule has 1 saturated carbocycles. The van der Waals surface area contributed by atoms with Crippen LogP contribution in [0.25, 0.3) is 10.9 Å². The zero-order chi connectivity index (χ0) is 25.4. The molecule has 2 unspecified atom stereocenters. The molecular weight excluding hydrogens is 537 g/mol. The molecule has 5 rings (SSSR count). The lowest BCUT2D eigenvalue weighted by molar-refractivity contribution is -0.146. The summed E-state index contributed by atoms with van der Waals surface area (Å²) in [5.41, 5.74) is 2.19. The van der Waals surface area contributed by atoms with Gasteiger partial charge in [-0.1, -0.05) is 11.6 Å². The molecule has 198 valence electrons. The Balaban J connectivity index is 0.00000320.